The van der Waals surface area contributed by atoms with E-state index in [4.69, 9.17) is 5.73 Å². The van der Waals surface area contributed by atoms with Crippen LogP contribution in [0.1, 0.15) is 10.4 Å². The number of sulfone groups is 1. The van der Waals surface area contributed by atoms with Gasteiger partial charge in [0.2, 0.25) is 0 Å². The van der Waals surface area contributed by atoms with Gasteiger partial charge in [-0.05, 0) is 12.1 Å². The number of hydrogen-bond acceptors (Lipinski definition) is 4. The Balaban J connectivity index is 3.14. The largest absolute Gasteiger partial charge is 0.346 e. The Kier molecular flexibility index (Phi) is 5.40. The van der Waals surface area contributed by atoms with Crippen LogP contribution < -0.4 is 11.1 Å². The van der Waals surface area contributed by atoms with Crippen molar-refractivity contribution in [3.05, 3.63) is 28.0 Å². The zero-order chi connectivity index (χ0) is 16.4. The standard InChI is InChI=1S/C11H12BrF3N2O3S/c1-21(19,20)8-3-6(12)2-7(9(8)13)10(18)17-5-11(14,15)4-16/h2-3H,4-5,16H2,1H3,(H,17,18). The third-order valence-electron chi connectivity index (χ3n) is 2.45. The molecule has 0 radical (unpaired) electrons. The van der Waals surface area contributed by atoms with E-state index in [-0.39, 0.29) is 4.47 Å². The number of halogens is 4. The van der Waals surface area contributed by atoms with Crippen LogP contribution in [0.15, 0.2) is 21.5 Å². The van der Waals surface area contributed by atoms with Crippen molar-refractivity contribution in [3.63, 3.8) is 0 Å². The third-order valence-corrected chi connectivity index (χ3v) is 4.01. The fourth-order valence-corrected chi connectivity index (χ4v) is 2.76. The Labute approximate surface area is 127 Å². The zero-order valence-corrected chi connectivity index (χ0v) is 13.2. The van der Waals surface area contributed by atoms with Gasteiger partial charge in [-0.15, -0.1) is 0 Å². The second-order valence-electron chi connectivity index (χ2n) is 4.28. The van der Waals surface area contributed by atoms with E-state index in [1.54, 1.807) is 0 Å². The van der Waals surface area contributed by atoms with E-state index in [1.165, 1.54) is 0 Å². The molecule has 0 fully saturated rings. The number of carbonyl (C=O) groups is 1. The lowest BCUT2D eigenvalue weighted by molar-refractivity contribution is 0.0118. The summed E-state index contributed by atoms with van der Waals surface area (Å²) in [6.07, 6.45) is 0.766. The van der Waals surface area contributed by atoms with Crippen LogP contribution >= 0.6 is 15.9 Å². The highest BCUT2D eigenvalue weighted by molar-refractivity contribution is 9.10. The predicted octanol–water partition coefficient (Wildman–Crippen LogP) is 1.32. The lowest BCUT2D eigenvalue weighted by atomic mass is 10.2. The van der Waals surface area contributed by atoms with Gasteiger partial charge in [-0.25, -0.2) is 21.6 Å². The first-order chi connectivity index (χ1) is 9.48. The molecule has 0 saturated heterocycles. The molecule has 0 spiro atoms. The van der Waals surface area contributed by atoms with Gasteiger partial charge in [-0.1, -0.05) is 15.9 Å². The maximum atomic E-state index is 14.0. The first kappa shape index (κ1) is 17.9. The van der Waals surface area contributed by atoms with Crippen molar-refractivity contribution < 1.29 is 26.4 Å². The van der Waals surface area contributed by atoms with Crippen LogP contribution in [0.2, 0.25) is 0 Å². The van der Waals surface area contributed by atoms with Crippen molar-refractivity contribution in [2.75, 3.05) is 19.3 Å². The highest BCUT2D eigenvalue weighted by Crippen LogP contribution is 2.24. The summed E-state index contributed by atoms with van der Waals surface area (Å²) < 4.78 is 62.9. The first-order valence-corrected chi connectivity index (χ1v) is 8.21. The number of nitrogens with two attached hydrogens (primary N) is 1. The van der Waals surface area contributed by atoms with E-state index in [2.05, 4.69) is 15.9 Å². The molecule has 0 aliphatic carbocycles. The van der Waals surface area contributed by atoms with Crippen LogP contribution in [-0.2, 0) is 9.84 Å². The van der Waals surface area contributed by atoms with E-state index in [1.807, 2.05) is 5.32 Å². The minimum absolute atomic E-state index is 0.125. The number of carbonyl (C=O) groups excluding carboxylic acids is 1. The van der Waals surface area contributed by atoms with Crippen LogP contribution in [0.4, 0.5) is 13.2 Å². The summed E-state index contributed by atoms with van der Waals surface area (Å²) in [5.74, 6) is -5.79. The second kappa shape index (κ2) is 6.32. The summed E-state index contributed by atoms with van der Waals surface area (Å²) in [5.41, 5.74) is 4.15. The molecular weight excluding hydrogens is 377 g/mol. The maximum absolute atomic E-state index is 14.0. The molecule has 0 aliphatic heterocycles. The van der Waals surface area contributed by atoms with Gasteiger partial charge in [-0.2, -0.15) is 0 Å². The average Bonchev–Trinajstić information content (AvgIpc) is 2.37. The number of benzene rings is 1. The maximum Gasteiger partial charge on any atom is 0.277 e. The number of hydrogen-bond donors (Lipinski definition) is 2. The molecule has 1 aromatic carbocycles. The molecule has 0 saturated carbocycles. The lowest BCUT2D eigenvalue weighted by Crippen LogP contribution is -2.41. The first-order valence-electron chi connectivity index (χ1n) is 5.53. The molecule has 1 rings (SSSR count). The predicted molar refractivity (Wildman–Crippen MR) is 73.5 cm³/mol. The van der Waals surface area contributed by atoms with Gasteiger partial charge in [0, 0.05) is 10.7 Å². The summed E-state index contributed by atoms with van der Waals surface area (Å²) in [4.78, 5) is 11.0. The molecular formula is C11H12BrF3N2O3S. The Morgan fingerprint density at radius 2 is 2.00 bits per heavy atom. The SMILES string of the molecule is CS(=O)(=O)c1cc(Br)cc(C(=O)NCC(F)(F)CN)c1F. The molecule has 3 N–H and O–H groups in total. The van der Waals surface area contributed by atoms with Crippen molar-refractivity contribution in [3.8, 4) is 0 Å². The summed E-state index contributed by atoms with van der Waals surface area (Å²) in [5, 5.41) is 1.81. The topological polar surface area (TPSA) is 89.3 Å². The second-order valence-corrected chi connectivity index (χ2v) is 7.18. The normalized spacial score (nSPS) is 12.3. The molecule has 118 valence electrons. The smallest absolute Gasteiger partial charge is 0.277 e. The van der Waals surface area contributed by atoms with Crippen molar-refractivity contribution in [1.82, 2.24) is 5.32 Å². The molecule has 5 nitrogen and oxygen atoms in total. The van der Waals surface area contributed by atoms with Gasteiger partial charge < -0.3 is 11.1 Å². The Hall–Kier alpha value is -1.13. The van der Waals surface area contributed by atoms with E-state index in [0.717, 1.165) is 18.4 Å². The number of rotatable bonds is 5. The van der Waals surface area contributed by atoms with E-state index in [0.29, 0.717) is 0 Å². The van der Waals surface area contributed by atoms with E-state index >= 15 is 0 Å². The van der Waals surface area contributed by atoms with Crippen molar-refractivity contribution in [1.29, 1.82) is 0 Å². The summed E-state index contributed by atoms with van der Waals surface area (Å²) in [6, 6.07) is 1.98. The van der Waals surface area contributed by atoms with Crippen LogP contribution in [0, 0.1) is 5.82 Å². The van der Waals surface area contributed by atoms with Crippen LogP contribution in [0.5, 0.6) is 0 Å². The molecule has 1 amide bonds. The number of nitrogens with one attached hydrogen (secondary N) is 1. The highest BCUT2D eigenvalue weighted by Gasteiger charge is 2.29. The van der Waals surface area contributed by atoms with Crippen LogP contribution in [0.3, 0.4) is 0 Å². The van der Waals surface area contributed by atoms with Crippen LogP contribution in [0.25, 0.3) is 0 Å². The molecule has 1 aromatic rings. The Bertz CT molecular complexity index is 665. The number of alkyl halides is 2. The Morgan fingerprint density at radius 3 is 2.48 bits per heavy atom. The summed E-state index contributed by atoms with van der Waals surface area (Å²) in [7, 11) is -3.91. The summed E-state index contributed by atoms with van der Waals surface area (Å²) >= 11 is 2.93. The van der Waals surface area contributed by atoms with E-state index < -0.39 is 51.0 Å². The Morgan fingerprint density at radius 1 is 1.43 bits per heavy atom. The molecule has 21 heavy (non-hydrogen) atoms. The fraction of sp³-hybridized carbons (Fsp3) is 0.364. The third kappa shape index (κ3) is 4.68. The zero-order valence-electron chi connectivity index (χ0n) is 10.8. The van der Waals surface area contributed by atoms with Crippen LogP contribution in [-0.4, -0.2) is 39.6 Å². The fourth-order valence-electron chi connectivity index (χ4n) is 1.38. The van der Waals surface area contributed by atoms with Gasteiger partial charge in [0.1, 0.15) is 4.90 Å². The minimum atomic E-state index is -3.91. The van der Waals surface area contributed by atoms with Gasteiger partial charge in [0.05, 0.1) is 18.7 Å². The van der Waals surface area contributed by atoms with Crippen molar-refractivity contribution in [2.24, 2.45) is 5.73 Å². The molecule has 0 aliphatic rings. The monoisotopic (exact) mass is 388 g/mol. The number of amides is 1. The molecule has 0 aromatic heterocycles. The molecule has 0 unspecified atom stereocenters. The van der Waals surface area contributed by atoms with Gasteiger partial charge in [0.15, 0.2) is 15.7 Å². The average molecular weight is 389 g/mol. The van der Waals surface area contributed by atoms with E-state index in [9.17, 15) is 26.4 Å². The van der Waals surface area contributed by atoms with Gasteiger partial charge in [-0.3, -0.25) is 4.79 Å². The van der Waals surface area contributed by atoms with Crippen molar-refractivity contribution >= 4 is 31.7 Å². The van der Waals surface area contributed by atoms with Crippen molar-refractivity contribution in [2.45, 2.75) is 10.8 Å². The summed E-state index contributed by atoms with van der Waals surface area (Å²) in [6.45, 7) is -2.06. The van der Waals surface area contributed by atoms with Gasteiger partial charge in [0.25, 0.3) is 11.8 Å². The lowest BCUT2D eigenvalue weighted by Gasteiger charge is -2.15. The molecule has 0 heterocycles. The highest BCUT2D eigenvalue weighted by atomic mass is 79.9. The molecule has 10 heteroatoms. The van der Waals surface area contributed by atoms with Gasteiger partial charge >= 0.3 is 0 Å². The molecule has 0 bridgehead atoms. The quantitative estimate of drug-likeness (QED) is 0.795. The molecule has 0 atom stereocenters. The minimum Gasteiger partial charge on any atom is -0.346 e.